The highest BCUT2D eigenvalue weighted by Gasteiger charge is 2.47. The second-order valence-electron chi connectivity index (χ2n) is 8.25. The standard InChI is InChI=1S/C23H25ClN2O/c1-26-9-8-23(15-4-3-5-18(10-15)27-2)13-22-19(11-16(23)14-26)20-12-17(24)6-7-21(20)25-22/h3-7,10,12,16,25H,8-9,11,13-14H2,1-2H3. The summed E-state index contributed by atoms with van der Waals surface area (Å²) in [7, 11) is 4.00. The zero-order valence-electron chi connectivity index (χ0n) is 15.9. The predicted molar refractivity (Wildman–Crippen MR) is 111 cm³/mol. The van der Waals surface area contributed by atoms with E-state index in [1.165, 1.54) is 34.1 Å². The van der Waals surface area contributed by atoms with Crippen molar-refractivity contribution in [2.24, 2.45) is 5.92 Å². The average Bonchev–Trinajstić information content (AvgIpc) is 3.02. The fourth-order valence-corrected chi connectivity index (χ4v) is 5.54. The van der Waals surface area contributed by atoms with Gasteiger partial charge in [-0.15, -0.1) is 0 Å². The van der Waals surface area contributed by atoms with Gasteiger partial charge in [0.1, 0.15) is 5.75 Å². The molecule has 1 N–H and O–H groups in total. The summed E-state index contributed by atoms with van der Waals surface area (Å²) in [5, 5.41) is 2.11. The molecule has 3 nitrogen and oxygen atoms in total. The molecule has 1 aliphatic carbocycles. The Kier molecular flexibility index (Phi) is 3.99. The Bertz CT molecular complexity index is 1010. The lowest BCUT2D eigenvalue weighted by Crippen LogP contribution is -2.52. The molecular weight excluding hydrogens is 356 g/mol. The molecule has 2 heterocycles. The maximum atomic E-state index is 6.30. The quantitative estimate of drug-likeness (QED) is 0.690. The van der Waals surface area contributed by atoms with Crippen LogP contribution in [0.4, 0.5) is 0 Å². The van der Waals surface area contributed by atoms with Crippen molar-refractivity contribution < 1.29 is 4.74 Å². The van der Waals surface area contributed by atoms with E-state index in [2.05, 4.69) is 47.3 Å². The Hall–Kier alpha value is -1.97. The van der Waals surface area contributed by atoms with Crippen LogP contribution in [0.2, 0.25) is 5.02 Å². The highest BCUT2D eigenvalue weighted by molar-refractivity contribution is 6.31. The van der Waals surface area contributed by atoms with E-state index in [0.717, 1.165) is 36.7 Å². The van der Waals surface area contributed by atoms with Crippen LogP contribution in [0.15, 0.2) is 42.5 Å². The molecule has 0 radical (unpaired) electrons. The molecule has 2 aromatic carbocycles. The highest BCUT2D eigenvalue weighted by Crippen LogP contribution is 2.49. The summed E-state index contributed by atoms with van der Waals surface area (Å²) >= 11 is 6.30. The van der Waals surface area contributed by atoms with Crippen LogP contribution in [0.3, 0.4) is 0 Å². The molecular formula is C23H25ClN2O. The van der Waals surface area contributed by atoms with E-state index in [1.54, 1.807) is 7.11 Å². The summed E-state index contributed by atoms with van der Waals surface area (Å²) in [5.74, 6) is 1.54. The van der Waals surface area contributed by atoms with Gasteiger partial charge in [-0.25, -0.2) is 0 Å². The normalized spacial score (nSPS) is 25.2. The summed E-state index contributed by atoms with van der Waals surface area (Å²) in [5.41, 5.74) is 5.64. The molecule has 0 bridgehead atoms. The molecule has 5 rings (SSSR count). The van der Waals surface area contributed by atoms with Gasteiger partial charge in [0.2, 0.25) is 0 Å². The smallest absolute Gasteiger partial charge is 0.119 e. The molecule has 27 heavy (non-hydrogen) atoms. The predicted octanol–water partition coefficient (Wildman–Crippen LogP) is 4.82. The van der Waals surface area contributed by atoms with Gasteiger partial charge < -0.3 is 14.6 Å². The molecule has 1 aromatic heterocycles. The molecule has 1 aliphatic heterocycles. The van der Waals surface area contributed by atoms with E-state index >= 15 is 0 Å². The Morgan fingerprint density at radius 2 is 2.11 bits per heavy atom. The number of ether oxygens (including phenoxy) is 1. The lowest BCUT2D eigenvalue weighted by Gasteiger charge is -2.50. The molecule has 2 unspecified atom stereocenters. The summed E-state index contributed by atoms with van der Waals surface area (Å²) < 4.78 is 5.54. The van der Waals surface area contributed by atoms with Crippen LogP contribution >= 0.6 is 11.6 Å². The van der Waals surface area contributed by atoms with Crippen LogP contribution in [0.1, 0.15) is 23.2 Å². The van der Waals surface area contributed by atoms with Crippen LogP contribution < -0.4 is 4.74 Å². The van der Waals surface area contributed by atoms with Crippen LogP contribution in [0.5, 0.6) is 5.75 Å². The number of aromatic amines is 1. The third-order valence-corrected chi connectivity index (χ3v) is 7.03. The number of H-pyrrole nitrogens is 1. The topological polar surface area (TPSA) is 28.3 Å². The van der Waals surface area contributed by atoms with E-state index in [1.807, 2.05) is 12.1 Å². The third kappa shape index (κ3) is 2.67. The van der Waals surface area contributed by atoms with Gasteiger partial charge in [0.25, 0.3) is 0 Å². The third-order valence-electron chi connectivity index (χ3n) is 6.80. The van der Waals surface area contributed by atoms with Crippen molar-refractivity contribution in [1.82, 2.24) is 9.88 Å². The Balaban J connectivity index is 1.66. The van der Waals surface area contributed by atoms with Crippen molar-refractivity contribution in [3.8, 4) is 5.75 Å². The van der Waals surface area contributed by atoms with E-state index < -0.39 is 0 Å². The Morgan fingerprint density at radius 3 is 2.96 bits per heavy atom. The van der Waals surface area contributed by atoms with E-state index in [4.69, 9.17) is 16.3 Å². The van der Waals surface area contributed by atoms with Crippen LogP contribution in [0.25, 0.3) is 10.9 Å². The molecule has 0 spiro atoms. The summed E-state index contributed by atoms with van der Waals surface area (Å²) in [6, 6.07) is 14.9. The van der Waals surface area contributed by atoms with Crippen molar-refractivity contribution in [2.75, 3.05) is 27.2 Å². The lowest BCUT2D eigenvalue weighted by molar-refractivity contribution is 0.0994. The summed E-state index contributed by atoms with van der Waals surface area (Å²) in [6.45, 7) is 2.26. The van der Waals surface area contributed by atoms with Gasteiger partial charge in [-0.2, -0.15) is 0 Å². The van der Waals surface area contributed by atoms with E-state index in [0.29, 0.717) is 5.92 Å². The minimum atomic E-state index is 0.165. The fourth-order valence-electron chi connectivity index (χ4n) is 5.37. The first-order chi connectivity index (χ1) is 13.1. The van der Waals surface area contributed by atoms with Gasteiger partial charge in [0.05, 0.1) is 7.11 Å². The number of fused-ring (bicyclic) bond motifs is 4. The molecule has 4 heteroatoms. The number of likely N-dealkylation sites (tertiary alicyclic amines) is 1. The van der Waals surface area contributed by atoms with Gasteiger partial charge in [0, 0.05) is 33.6 Å². The van der Waals surface area contributed by atoms with Crippen molar-refractivity contribution in [1.29, 1.82) is 0 Å². The second kappa shape index (κ2) is 6.29. The van der Waals surface area contributed by atoms with Gasteiger partial charge in [0.15, 0.2) is 0 Å². The lowest BCUT2D eigenvalue weighted by atomic mass is 9.59. The number of hydrogen-bond acceptors (Lipinski definition) is 2. The van der Waals surface area contributed by atoms with Gasteiger partial charge >= 0.3 is 0 Å². The number of aromatic nitrogens is 1. The summed E-state index contributed by atoms with van der Waals surface area (Å²) in [4.78, 5) is 6.19. The van der Waals surface area contributed by atoms with Crippen LogP contribution in [-0.4, -0.2) is 37.1 Å². The first kappa shape index (κ1) is 17.2. The highest BCUT2D eigenvalue weighted by atomic mass is 35.5. The molecule has 1 saturated heterocycles. The maximum Gasteiger partial charge on any atom is 0.119 e. The molecule has 2 atom stereocenters. The fraction of sp³-hybridized carbons (Fsp3) is 0.391. The Labute approximate surface area is 165 Å². The number of benzene rings is 2. The first-order valence-corrected chi connectivity index (χ1v) is 10.1. The van der Waals surface area contributed by atoms with Crippen molar-refractivity contribution in [3.63, 3.8) is 0 Å². The van der Waals surface area contributed by atoms with E-state index in [-0.39, 0.29) is 5.41 Å². The maximum absolute atomic E-state index is 6.30. The molecule has 2 aliphatic rings. The van der Waals surface area contributed by atoms with Crippen molar-refractivity contribution >= 4 is 22.5 Å². The molecule has 140 valence electrons. The number of nitrogens with one attached hydrogen (secondary N) is 1. The van der Waals surface area contributed by atoms with Crippen LogP contribution in [0, 0.1) is 5.92 Å². The zero-order valence-corrected chi connectivity index (χ0v) is 16.6. The number of hydrogen-bond donors (Lipinski definition) is 1. The van der Waals surface area contributed by atoms with Crippen LogP contribution in [-0.2, 0) is 18.3 Å². The van der Waals surface area contributed by atoms with Crippen molar-refractivity contribution in [2.45, 2.75) is 24.7 Å². The first-order valence-electron chi connectivity index (χ1n) is 9.71. The molecule has 0 saturated carbocycles. The SMILES string of the molecule is COc1cccc(C23CCN(C)CC2Cc2c([nH]c4ccc(Cl)cc24)C3)c1. The van der Waals surface area contributed by atoms with Gasteiger partial charge in [-0.3, -0.25) is 0 Å². The minimum absolute atomic E-state index is 0.165. The average molecular weight is 381 g/mol. The zero-order chi connectivity index (χ0) is 18.6. The number of piperidine rings is 1. The van der Waals surface area contributed by atoms with Gasteiger partial charge in [-0.1, -0.05) is 23.7 Å². The molecule has 1 fully saturated rings. The summed E-state index contributed by atoms with van der Waals surface area (Å²) in [6.07, 6.45) is 3.33. The second-order valence-corrected chi connectivity index (χ2v) is 8.69. The number of nitrogens with zero attached hydrogens (tertiary/aromatic N) is 1. The molecule has 0 amide bonds. The van der Waals surface area contributed by atoms with Gasteiger partial charge in [-0.05, 0) is 80.2 Å². The largest absolute Gasteiger partial charge is 0.497 e. The number of halogens is 1. The monoisotopic (exact) mass is 380 g/mol. The van der Waals surface area contributed by atoms with E-state index in [9.17, 15) is 0 Å². The molecule has 3 aromatic rings. The minimum Gasteiger partial charge on any atom is -0.497 e. The van der Waals surface area contributed by atoms with Crippen molar-refractivity contribution in [3.05, 3.63) is 64.3 Å². The number of methoxy groups -OCH3 is 1. The Morgan fingerprint density at radius 1 is 1.22 bits per heavy atom. The number of rotatable bonds is 2.